The maximum absolute atomic E-state index is 10.3. The van der Waals surface area contributed by atoms with E-state index in [2.05, 4.69) is 84.9 Å². The molecule has 0 radical (unpaired) electrons. The van der Waals surface area contributed by atoms with Gasteiger partial charge in [0.1, 0.15) is 11.2 Å². The fraction of sp³-hybridized carbons (Fsp3) is 0.200. The van der Waals surface area contributed by atoms with Crippen molar-refractivity contribution in [3.8, 4) is 22.3 Å². The highest BCUT2D eigenvalue weighted by molar-refractivity contribution is 6.47. The van der Waals surface area contributed by atoms with Crippen LogP contribution in [-0.4, -0.2) is 23.8 Å². The molecule has 5 aromatic rings. The number of hydrogen-bond acceptors (Lipinski definition) is 3. The van der Waals surface area contributed by atoms with Gasteiger partial charge in [-0.1, -0.05) is 96.5 Å². The summed E-state index contributed by atoms with van der Waals surface area (Å²) in [5.41, 5.74) is 5.69. The number of rotatable bonds is 6. The zero-order chi connectivity index (χ0) is 23.9. The first-order valence-electron chi connectivity index (χ1n) is 11.7. The minimum Gasteiger partial charge on any atom is -0.455 e. The Kier molecular flexibility index (Phi) is 5.59. The average Bonchev–Trinajstić information content (AvgIpc) is 3.22. The molecule has 0 bridgehead atoms. The molecule has 0 aliphatic carbocycles. The maximum Gasteiger partial charge on any atom is 0.309 e. The van der Waals surface area contributed by atoms with Gasteiger partial charge in [-0.15, -0.1) is 0 Å². The van der Waals surface area contributed by atoms with Gasteiger partial charge in [-0.25, -0.2) is 0 Å². The third kappa shape index (κ3) is 4.04. The Morgan fingerprint density at radius 1 is 0.647 bits per heavy atom. The summed E-state index contributed by atoms with van der Waals surface area (Å²) in [5, 5.41) is 12.6. The van der Waals surface area contributed by atoms with Gasteiger partial charge in [0.15, 0.2) is 0 Å². The zero-order valence-corrected chi connectivity index (χ0v) is 20.1. The summed E-state index contributed by atoms with van der Waals surface area (Å²) in [4.78, 5) is 0. The second-order valence-electron chi connectivity index (χ2n) is 9.89. The molecule has 1 aromatic heterocycles. The number of fused-ring (bicyclic) bond motifs is 3. The Balaban J connectivity index is 1.51. The van der Waals surface area contributed by atoms with Gasteiger partial charge in [0, 0.05) is 21.9 Å². The highest BCUT2D eigenvalue weighted by atomic mass is 16.5. The highest BCUT2D eigenvalue weighted by Gasteiger charge is 2.35. The van der Waals surface area contributed by atoms with E-state index in [9.17, 15) is 5.11 Å². The van der Waals surface area contributed by atoms with Crippen molar-refractivity contribution in [3.63, 3.8) is 0 Å². The number of furan rings is 1. The van der Waals surface area contributed by atoms with Crippen LogP contribution in [0.15, 0.2) is 95.4 Å². The van der Waals surface area contributed by atoms with Gasteiger partial charge in [-0.2, -0.15) is 0 Å². The molecule has 0 aliphatic heterocycles. The topological polar surface area (TPSA) is 42.6 Å². The third-order valence-electron chi connectivity index (χ3n) is 6.95. The smallest absolute Gasteiger partial charge is 0.309 e. The molecule has 5 rings (SSSR count). The Bertz CT molecular complexity index is 1440. The lowest BCUT2D eigenvalue weighted by atomic mass is 9.82. The number of para-hydroxylation sites is 2. The van der Waals surface area contributed by atoms with E-state index in [1.807, 2.05) is 19.9 Å². The van der Waals surface area contributed by atoms with Gasteiger partial charge >= 0.3 is 7.48 Å². The van der Waals surface area contributed by atoms with E-state index in [0.717, 1.165) is 49.7 Å². The monoisotopic (exact) mass is 448 g/mol. The van der Waals surface area contributed by atoms with Crippen LogP contribution in [0.4, 0.5) is 0 Å². The van der Waals surface area contributed by atoms with Crippen molar-refractivity contribution in [1.29, 1.82) is 0 Å². The first-order chi connectivity index (χ1) is 16.2. The van der Waals surface area contributed by atoms with Gasteiger partial charge < -0.3 is 14.2 Å². The second kappa shape index (κ2) is 8.46. The number of hydrogen-bond donors (Lipinski definition) is 1. The van der Waals surface area contributed by atoms with Crippen LogP contribution < -0.4 is 5.46 Å². The molecule has 4 aromatic carbocycles. The molecule has 34 heavy (non-hydrogen) atoms. The Morgan fingerprint density at radius 3 is 1.71 bits per heavy atom. The van der Waals surface area contributed by atoms with Crippen molar-refractivity contribution in [2.24, 2.45) is 0 Å². The fourth-order valence-electron chi connectivity index (χ4n) is 4.11. The van der Waals surface area contributed by atoms with E-state index in [4.69, 9.17) is 9.07 Å². The van der Waals surface area contributed by atoms with Crippen molar-refractivity contribution < 1.29 is 14.2 Å². The molecule has 0 saturated heterocycles. The first kappa shape index (κ1) is 22.5. The molecule has 1 heterocycles. The lowest BCUT2D eigenvalue weighted by Gasteiger charge is -2.37. The van der Waals surface area contributed by atoms with Gasteiger partial charge in [0.25, 0.3) is 0 Å². The van der Waals surface area contributed by atoms with Crippen LogP contribution >= 0.6 is 0 Å². The maximum atomic E-state index is 10.3. The molecule has 0 unspecified atom stereocenters. The van der Waals surface area contributed by atoms with Crippen molar-refractivity contribution >= 4 is 34.9 Å². The lowest BCUT2D eigenvalue weighted by Crippen LogP contribution is -2.49. The molecule has 0 atom stereocenters. The van der Waals surface area contributed by atoms with E-state index < -0.39 is 11.2 Å². The van der Waals surface area contributed by atoms with Crippen molar-refractivity contribution in [3.05, 3.63) is 91.0 Å². The van der Waals surface area contributed by atoms with Crippen LogP contribution in [0.25, 0.3) is 44.2 Å². The van der Waals surface area contributed by atoms with E-state index in [-0.39, 0.29) is 0 Å². The van der Waals surface area contributed by atoms with Crippen LogP contribution in [0.2, 0.25) is 0 Å². The van der Waals surface area contributed by atoms with Crippen molar-refractivity contribution in [2.75, 3.05) is 0 Å². The summed E-state index contributed by atoms with van der Waals surface area (Å²) in [6, 6.07) is 31.4. The van der Waals surface area contributed by atoms with Crippen LogP contribution in [0.1, 0.15) is 27.7 Å². The Morgan fingerprint density at radius 2 is 1.18 bits per heavy atom. The summed E-state index contributed by atoms with van der Waals surface area (Å²) in [6.45, 7) is 7.36. The molecule has 4 heteroatoms. The first-order valence-corrected chi connectivity index (χ1v) is 11.7. The number of benzene rings is 4. The van der Waals surface area contributed by atoms with Gasteiger partial charge in [0.05, 0.1) is 11.2 Å². The summed E-state index contributed by atoms with van der Waals surface area (Å²) in [6.07, 6.45) is 0. The molecule has 0 saturated carbocycles. The van der Waals surface area contributed by atoms with Crippen LogP contribution in [0.3, 0.4) is 0 Å². The normalized spacial score (nSPS) is 12.4. The second-order valence-corrected chi connectivity index (χ2v) is 9.89. The van der Waals surface area contributed by atoms with Crippen molar-refractivity contribution in [2.45, 2.75) is 38.9 Å². The summed E-state index contributed by atoms with van der Waals surface area (Å²) < 4.78 is 12.6. The molecular weight excluding hydrogens is 419 g/mol. The molecule has 1 N–H and O–H groups in total. The predicted octanol–water partition coefficient (Wildman–Crippen LogP) is 6.46. The fourth-order valence-corrected chi connectivity index (χ4v) is 4.11. The quantitative estimate of drug-likeness (QED) is 0.303. The lowest BCUT2D eigenvalue weighted by molar-refractivity contribution is -0.0893. The van der Waals surface area contributed by atoms with Crippen molar-refractivity contribution in [1.82, 2.24) is 0 Å². The zero-order valence-electron chi connectivity index (χ0n) is 20.1. The minimum absolute atomic E-state index is 0.437. The number of aliphatic hydroxyl groups is 1. The minimum atomic E-state index is -0.928. The largest absolute Gasteiger partial charge is 0.455 e. The van der Waals surface area contributed by atoms with E-state index in [0.29, 0.717) is 7.48 Å². The third-order valence-corrected chi connectivity index (χ3v) is 6.95. The summed E-state index contributed by atoms with van der Waals surface area (Å²) in [5.74, 6) is 0. The molecule has 0 fully saturated rings. The predicted molar refractivity (Wildman–Crippen MR) is 143 cm³/mol. The average molecular weight is 448 g/mol. The molecule has 3 nitrogen and oxygen atoms in total. The molecule has 0 amide bonds. The van der Waals surface area contributed by atoms with Crippen LogP contribution in [0, 0.1) is 0 Å². The molecule has 170 valence electrons. The Hall–Kier alpha value is -3.34. The van der Waals surface area contributed by atoms with Gasteiger partial charge in [-0.05, 0) is 38.8 Å². The SMILES string of the molecule is CC(C)(O)C(C)(C)OBc1ccc(-c2cccc3c2oc2c(-c4ccccc4)cccc23)cc1. The van der Waals surface area contributed by atoms with Gasteiger partial charge in [0.2, 0.25) is 0 Å². The van der Waals surface area contributed by atoms with E-state index >= 15 is 0 Å². The molecular formula is C30H29BO3. The van der Waals surface area contributed by atoms with Gasteiger partial charge in [-0.3, -0.25) is 0 Å². The summed E-state index contributed by atoms with van der Waals surface area (Å²) in [7, 11) is 0.437. The molecule has 0 aliphatic rings. The molecule has 0 spiro atoms. The van der Waals surface area contributed by atoms with Crippen LogP contribution in [-0.2, 0) is 4.65 Å². The van der Waals surface area contributed by atoms with Crippen LogP contribution in [0.5, 0.6) is 0 Å². The summed E-state index contributed by atoms with van der Waals surface area (Å²) >= 11 is 0. The standard InChI is InChI=1S/C30H29BO3/c1-29(2,32)30(3,4)34-31-22-18-16-21(17-19-22)24-13-9-15-26-25-14-8-12-23(27(25)33-28(24)26)20-10-6-5-7-11-20/h5-19,31-32H,1-4H3. The highest BCUT2D eigenvalue weighted by Crippen LogP contribution is 2.39. The Labute approximate surface area is 201 Å². The van der Waals surface area contributed by atoms with E-state index in [1.165, 1.54) is 0 Å². The van der Waals surface area contributed by atoms with E-state index in [1.54, 1.807) is 13.8 Å².